The van der Waals surface area contributed by atoms with Gasteiger partial charge in [0.25, 0.3) is 0 Å². The van der Waals surface area contributed by atoms with Gasteiger partial charge >= 0.3 is 0 Å². The van der Waals surface area contributed by atoms with Gasteiger partial charge < -0.3 is 4.90 Å². The van der Waals surface area contributed by atoms with E-state index in [1.807, 2.05) is 23.5 Å². The van der Waals surface area contributed by atoms with Crippen LogP contribution in [0.1, 0.15) is 25.0 Å². The smallest absolute Gasteiger partial charge is 0.180 e. The summed E-state index contributed by atoms with van der Waals surface area (Å²) in [6, 6.07) is 84.8. The maximum atomic E-state index is 2.53. The van der Waals surface area contributed by atoms with Crippen LogP contribution in [0.2, 0.25) is 0 Å². The Bertz CT molecular complexity index is 3530. The van der Waals surface area contributed by atoms with Crippen LogP contribution < -0.4 is 25.6 Å². The fraction of sp³-hybridized carbons (Fsp3) is 0.0492. The molecule has 308 valence electrons. The zero-order valence-corrected chi connectivity index (χ0v) is 38.8. The first-order valence-corrected chi connectivity index (χ1v) is 26.1. The Morgan fingerprint density at radius 1 is 0.415 bits per heavy atom. The fourth-order valence-electron chi connectivity index (χ4n) is 11.3. The van der Waals surface area contributed by atoms with Crippen LogP contribution in [0, 0.1) is 0 Å². The molecule has 0 spiro atoms. The molecule has 1 nitrogen and oxygen atoms in total. The molecular formula is C61H43NS2Si. The number of rotatable bonds is 6. The highest BCUT2D eigenvalue weighted by Gasteiger charge is 2.50. The van der Waals surface area contributed by atoms with Gasteiger partial charge in [0.15, 0.2) is 8.07 Å². The van der Waals surface area contributed by atoms with Crippen LogP contribution in [0.5, 0.6) is 0 Å². The number of nitrogens with zero attached hydrogens (tertiary/aromatic N) is 1. The van der Waals surface area contributed by atoms with E-state index in [-0.39, 0.29) is 5.41 Å². The average molecular weight is 882 g/mol. The van der Waals surface area contributed by atoms with Crippen LogP contribution in [-0.4, -0.2) is 8.07 Å². The molecule has 4 heteroatoms. The number of hydrogen-bond acceptors (Lipinski definition) is 3. The number of para-hydroxylation sites is 1. The third-order valence-corrected chi connectivity index (χ3v) is 21.6. The van der Waals surface area contributed by atoms with Crippen molar-refractivity contribution in [3.63, 3.8) is 0 Å². The monoisotopic (exact) mass is 881 g/mol. The summed E-state index contributed by atoms with van der Waals surface area (Å²) in [7, 11) is -2.93. The van der Waals surface area contributed by atoms with Crippen LogP contribution in [-0.2, 0) is 5.41 Å². The van der Waals surface area contributed by atoms with Crippen molar-refractivity contribution in [2.75, 3.05) is 4.90 Å². The lowest BCUT2D eigenvalue weighted by Crippen LogP contribution is -2.72. The zero-order chi connectivity index (χ0) is 43.3. The molecular weight excluding hydrogens is 839 g/mol. The highest BCUT2D eigenvalue weighted by molar-refractivity contribution is 8.05. The summed E-state index contributed by atoms with van der Waals surface area (Å²) in [5.41, 5.74) is 14.1. The molecule has 0 N–H and O–H groups in total. The van der Waals surface area contributed by atoms with E-state index in [1.54, 1.807) is 0 Å². The van der Waals surface area contributed by atoms with Crippen molar-refractivity contribution < 1.29 is 0 Å². The van der Waals surface area contributed by atoms with E-state index in [9.17, 15) is 0 Å². The highest BCUT2D eigenvalue weighted by atomic mass is 32.2. The van der Waals surface area contributed by atoms with E-state index in [4.69, 9.17) is 0 Å². The quantitative estimate of drug-likeness (QED) is 0.153. The van der Waals surface area contributed by atoms with Crippen molar-refractivity contribution in [2.45, 2.75) is 38.8 Å². The second-order valence-corrected chi connectivity index (χ2v) is 23.8. The van der Waals surface area contributed by atoms with Crippen LogP contribution in [0.3, 0.4) is 0 Å². The number of benzene rings is 10. The molecule has 0 radical (unpaired) electrons. The van der Waals surface area contributed by atoms with E-state index in [0.29, 0.717) is 0 Å². The Hall–Kier alpha value is -6.82. The third kappa shape index (κ3) is 5.74. The number of anilines is 3. The Morgan fingerprint density at radius 2 is 1.05 bits per heavy atom. The predicted molar refractivity (Wildman–Crippen MR) is 279 cm³/mol. The summed E-state index contributed by atoms with van der Waals surface area (Å²) >= 11 is 3.86. The lowest BCUT2D eigenvalue weighted by molar-refractivity contribution is 0.660. The van der Waals surface area contributed by atoms with Gasteiger partial charge in [0.1, 0.15) is 0 Å². The van der Waals surface area contributed by atoms with E-state index < -0.39 is 8.07 Å². The Kier molecular flexibility index (Phi) is 8.83. The number of fused-ring (bicyclic) bond motifs is 10. The minimum Gasteiger partial charge on any atom is -0.310 e. The lowest BCUT2D eigenvalue weighted by Gasteiger charge is -2.33. The van der Waals surface area contributed by atoms with Crippen LogP contribution in [0.15, 0.2) is 244 Å². The standard InChI is InChI=1S/C61H43NS2Si/c1-61(2)50-25-11-9-22-48(50)58-51(61)26-16-27-52(58)62(42-20-7-4-8-21-42)43-31-33-44(34-32-43)65(45-35-36-47-41(39-45)19-15-24-46(47)40-17-5-3-6-18-40)56-30-14-10-23-49(56)59-57(65)38-37-55-60(59)64-54-29-13-12-28-53(54)63-55/h3-39H,1-2H3. The van der Waals surface area contributed by atoms with Gasteiger partial charge in [-0.25, -0.2) is 0 Å². The van der Waals surface area contributed by atoms with Crippen LogP contribution in [0.4, 0.5) is 17.1 Å². The normalized spacial score (nSPS) is 15.9. The second kappa shape index (κ2) is 14.9. The van der Waals surface area contributed by atoms with Crippen molar-refractivity contribution in [1.29, 1.82) is 0 Å². The van der Waals surface area contributed by atoms with Crippen molar-refractivity contribution in [3.8, 4) is 33.4 Å². The molecule has 10 aromatic carbocycles. The van der Waals surface area contributed by atoms with Crippen molar-refractivity contribution in [2.24, 2.45) is 0 Å². The summed E-state index contributed by atoms with van der Waals surface area (Å²) in [5, 5.41) is 8.27. The summed E-state index contributed by atoms with van der Waals surface area (Å²) in [5.74, 6) is 0. The largest absolute Gasteiger partial charge is 0.310 e. The zero-order valence-electron chi connectivity index (χ0n) is 36.1. The molecule has 0 saturated carbocycles. The maximum absolute atomic E-state index is 2.93. The minimum atomic E-state index is -2.93. The van der Waals surface area contributed by atoms with E-state index in [1.165, 1.54) is 101 Å². The Morgan fingerprint density at radius 3 is 1.86 bits per heavy atom. The first kappa shape index (κ1) is 38.6. The summed E-state index contributed by atoms with van der Waals surface area (Å²) in [6.07, 6.45) is 0. The second-order valence-electron chi connectivity index (χ2n) is 18.0. The molecule has 0 fully saturated rings. The third-order valence-electron chi connectivity index (χ3n) is 14.2. The van der Waals surface area contributed by atoms with Gasteiger partial charge in [0.2, 0.25) is 0 Å². The highest BCUT2D eigenvalue weighted by Crippen LogP contribution is 2.55. The number of hydrogen-bond donors (Lipinski definition) is 0. The minimum absolute atomic E-state index is 0.102. The molecule has 2 aliphatic heterocycles. The van der Waals surface area contributed by atoms with Gasteiger partial charge in [-0.05, 0) is 119 Å². The van der Waals surface area contributed by atoms with Crippen molar-refractivity contribution in [3.05, 3.63) is 236 Å². The Balaban J connectivity index is 1.05. The summed E-state index contributed by atoms with van der Waals surface area (Å²) in [6.45, 7) is 4.74. The average Bonchev–Trinajstić information content (AvgIpc) is 3.80. The van der Waals surface area contributed by atoms with Gasteiger partial charge in [-0.1, -0.05) is 213 Å². The topological polar surface area (TPSA) is 3.24 Å². The molecule has 1 aliphatic carbocycles. The lowest BCUT2D eigenvalue weighted by atomic mass is 9.82. The van der Waals surface area contributed by atoms with Crippen LogP contribution in [0.25, 0.3) is 44.2 Å². The first-order valence-electron chi connectivity index (χ1n) is 22.5. The van der Waals surface area contributed by atoms with Crippen molar-refractivity contribution in [1.82, 2.24) is 0 Å². The van der Waals surface area contributed by atoms with Gasteiger partial charge in [-0.3, -0.25) is 0 Å². The molecule has 10 aromatic rings. The molecule has 0 bridgehead atoms. The molecule has 1 atom stereocenters. The molecule has 3 aliphatic rings. The fourth-order valence-corrected chi connectivity index (χ4v) is 19.0. The SMILES string of the molecule is CC1(C)c2ccccc2-c2c(N(c3ccccc3)c3ccc([Si]4(c5ccc6c(-c7ccccc7)cccc6c5)c5ccccc5-c5c4ccc4c5Sc5ccccc5S4)cc3)cccc21. The van der Waals surface area contributed by atoms with E-state index in [2.05, 4.69) is 243 Å². The van der Waals surface area contributed by atoms with E-state index >= 15 is 0 Å². The first-order chi connectivity index (χ1) is 32.0. The molecule has 0 saturated heterocycles. The predicted octanol–water partition coefficient (Wildman–Crippen LogP) is 14.3. The van der Waals surface area contributed by atoms with Crippen molar-refractivity contribution >= 4 is 80.2 Å². The molecule has 2 heterocycles. The van der Waals surface area contributed by atoms with Gasteiger partial charge in [0.05, 0.1) is 5.69 Å². The van der Waals surface area contributed by atoms with Gasteiger partial charge in [0, 0.05) is 41.9 Å². The molecule has 65 heavy (non-hydrogen) atoms. The maximum Gasteiger partial charge on any atom is 0.180 e. The molecule has 13 rings (SSSR count). The van der Waals surface area contributed by atoms with Gasteiger partial charge in [-0.2, -0.15) is 0 Å². The summed E-state index contributed by atoms with van der Waals surface area (Å²) < 4.78 is 0. The molecule has 0 amide bonds. The van der Waals surface area contributed by atoms with Gasteiger partial charge in [-0.15, -0.1) is 0 Å². The summed E-state index contributed by atoms with van der Waals surface area (Å²) in [4.78, 5) is 7.87. The Labute approximate surface area is 390 Å². The van der Waals surface area contributed by atoms with Crippen LogP contribution >= 0.6 is 23.5 Å². The molecule has 0 aromatic heterocycles. The van der Waals surface area contributed by atoms with E-state index in [0.717, 1.165) is 11.4 Å². The molecule has 1 unspecified atom stereocenters.